The van der Waals surface area contributed by atoms with Crippen LogP contribution in [-0.2, 0) is 0 Å². The SMILES string of the molecule is Cc1sccc1C(O)c1csc(Br)c1. The van der Waals surface area contributed by atoms with Crippen molar-refractivity contribution in [1.29, 1.82) is 0 Å². The molecule has 2 heterocycles. The molecule has 1 N–H and O–H groups in total. The minimum absolute atomic E-state index is 0.483. The molecule has 0 bridgehead atoms. The predicted octanol–water partition coefficient (Wildman–Crippen LogP) is 3.96. The number of aryl methyl sites for hydroxylation is 1. The average Bonchev–Trinajstić information content (AvgIpc) is 2.73. The lowest BCUT2D eigenvalue weighted by atomic mass is 10.1. The van der Waals surface area contributed by atoms with E-state index in [9.17, 15) is 5.11 Å². The zero-order valence-corrected chi connectivity index (χ0v) is 10.7. The highest BCUT2D eigenvalue weighted by molar-refractivity contribution is 9.11. The first-order chi connectivity index (χ1) is 6.68. The minimum atomic E-state index is -0.483. The molecule has 2 aromatic rings. The molecule has 0 aliphatic rings. The highest BCUT2D eigenvalue weighted by Gasteiger charge is 2.14. The quantitative estimate of drug-likeness (QED) is 0.887. The highest BCUT2D eigenvalue weighted by atomic mass is 79.9. The normalized spacial score (nSPS) is 13.1. The molecule has 0 aliphatic heterocycles. The van der Waals surface area contributed by atoms with Crippen LogP contribution in [0.25, 0.3) is 0 Å². The Labute approximate surface area is 99.2 Å². The summed E-state index contributed by atoms with van der Waals surface area (Å²) in [6.07, 6.45) is -0.483. The number of rotatable bonds is 2. The molecule has 0 saturated heterocycles. The zero-order valence-electron chi connectivity index (χ0n) is 7.53. The van der Waals surface area contributed by atoms with E-state index >= 15 is 0 Å². The molecule has 74 valence electrons. The second-order valence-electron chi connectivity index (χ2n) is 3.02. The molecule has 0 radical (unpaired) electrons. The number of aliphatic hydroxyl groups is 1. The molecule has 0 aliphatic carbocycles. The molecule has 0 fully saturated rings. The van der Waals surface area contributed by atoms with Gasteiger partial charge in [0.05, 0.1) is 3.79 Å². The number of hydrogen-bond donors (Lipinski definition) is 1. The van der Waals surface area contributed by atoms with E-state index in [4.69, 9.17) is 0 Å². The zero-order chi connectivity index (χ0) is 10.1. The van der Waals surface area contributed by atoms with Crippen molar-refractivity contribution >= 4 is 38.6 Å². The topological polar surface area (TPSA) is 20.2 Å². The molecule has 4 heteroatoms. The van der Waals surface area contributed by atoms with E-state index in [-0.39, 0.29) is 0 Å². The maximum Gasteiger partial charge on any atom is 0.106 e. The van der Waals surface area contributed by atoms with Crippen LogP contribution < -0.4 is 0 Å². The summed E-state index contributed by atoms with van der Waals surface area (Å²) in [5.74, 6) is 0. The molecular formula is C10H9BrOS2. The Balaban J connectivity index is 2.33. The van der Waals surface area contributed by atoms with Crippen LogP contribution in [0, 0.1) is 6.92 Å². The molecular weight excluding hydrogens is 280 g/mol. The molecule has 1 atom stereocenters. The number of halogens is 1. The van der Waals surface area contributed by atoms with Gasteiger partial charge in [-0.15, -0.1) is 22.7 Å². The Morgan fingerprint density at radius 2 is 2.21 bits per heavy atom. The fourth-order valence-corrected chi connectivity index (χ4v) is 3.25. The van der Waals surface area contributed by atoms with Gasteiger partial charge in [-0.3, -0.25) is 0 Å². The summed E-state index contributed by atoms with van der Waals surface area (Å²) in [6, 6.07) is 3.95. The van der Waals surface area contributed by atoms with Crippen molar-refractivity contribution in [2.75, 3.05) is 0 Å². The molecule has 0 spiro atoms. The molecule has 1 nitrogen and oxygen atoms in total. The van der Waals surface area contributed by atoms with Crippen molar-refractivity contribution in [3.8, 4) is 0 Å². The first-order valence-corrected chi connectivity index (χ1v) is 6.69. The van der Waals surface area contributed by atoms with Crippen molar-refractivity contribution in [1.82, 2.24) is 0 Å². The molecule has 2 rings (SSSR count). The van der Waals surface area contributed by atoms with E-state index in [1.165, 1.54) is 4.88 Å². The van der Waals surface area contributed by atoms with E-state index in [2.05, 4.69) is 15.9 Å². The lowest BCUT2D eigenvalue weighted by Gasteiger charge is -2.07. The van der Waals surface area contributed by atoms with Gasteiger partial charge in [-0.05, 0) is 56.9 Å². The van der Waals surface area contributed by atoms with Crippen LogP contribution in [0.5, 0.6) is 0 Å². The van der Waals surface area contributed by atoms with Crippen LogP contribution in [-0.4, -0.2) is 5.11 Å². The van der Waals surface area contributed by atoms with Crippen LogP contribution in [0.4, 0.5) is 0 Å². The average molecular weight is 289 g/mol. The second-order valence-corrected chi connectivity index (χ2v) is 6.43. The van der Waals surface area contributed by atoms with Crippen molar-refractivity contribution in [2.45, 2.75) is 13.0 Å². The van der Waals surface area contributed by atoms with Gasteiger partial charge in [0.1, 0.15) is 6.10 Å². The lowest BCUT2D eigenvalue weighted by molar-refractivity contribution is 0.220. The lowest BCUT2D eigenvalue weighted by Crippen LogP contribution is -1.97. The third-order valence-electron chi connectivity index (χ3n) is 2.10. The maximum atomic E-state index is 10.1. The summed E-state index contributed by atoms with van der Waals surface area (Å²) < 4.78 is 1.06. The van der Waals surface area contributed by atoms with Gasteiger partial charge in [0.25, 0.3) is 0 Å². The van der Waals surface area contributed by atoms with Gasteiger partial charge >= 0.3 is 0 Å². The van der Waals surface area contributed by atoms with Gasteiger partial charge in [-0.2, -0.15) is 0 Å². The largest absolute Gasteiger partial charge is 0.384 e. The van der Waals surface area contributed by atoms with E-state index < -0.39 is 6.10 Å². The Bertz CT molecular complexity index is 433. The summed E-state index contributed by atoms with van der Waals surface area (Å²) in [4.78, 5) is 1.18. The van der Waals surface area contributed by atoms with Crippen LogP contribution in [0.3, 0.4) is 0 Å². The Morgan fingerprint density at radius 3 is 2.71 bits per heavy atom. The Morgan fingerprint density at radius 1 is 1.43 bits per heavy atom. The van der Waals surface area contributed by atoms with Crippen molar-refractivity contribution < 1.29 is 5.11 Å². The monoisotopic (exact) mass is 288 g/mol. The maximum absolute atomic E-state index is 10.1. The van der Waals surface area contributed by atoms with Gasteiger partial charge in [-0.1, -0.05) is 0 Å². The van der Waals surface area contributed by atoms with Crippen LogP contribution in [0.1, 0.15) is 22.1 Å². The fraction of sp³-hybridized carbons (Fsp3) is 0.200. The smallest absolute Gasteiger partial charge is 0.106 e. The van der Waals surface area contributed by atoms with E-state index in [1.807, 2.05) is 29.8 Å². The van der Waals surface area contributed by atoms with Gasteiger partial charge in [0, 0.05) is 4.88 Å². The van der Waals surface area contributed by atoms with E-state index in [0.29, 0.717) is 0 Å². The molecule has 0 aromatic carbocycles. The minimum Gasteiger partial charge on any atom is -0.384 e. The first-order valence-electron chi connectivity index (χ1n) is 4.14. The van der Waals surface area contributed by atoms with Crippen molar-refractivity contribution in [3.63, 3.8) is 0 Å². The van der Waals surface area contributed by atoms with Crippen LogP contribution in [0.2, 0.25) is 0 Å². The summed E-state index contributed by atoms with van der Waals surface area (Å²) >= 11 is 6.65. The van der Waals surface area contributed by atoms with Crippen molar-refractivity contribution in [3.05, 3.63) is 42.7 Å². The third kappa shape index (κ3) is 1.93. The summed E-state index contributed by atoms with van der Waals surface area (Å²) in [6.45, 7) is 2.03. The molecule has 14 heavy (non-hydrogen) atoms. The third-order valence-corrected chi connectivity index (χ3v) is 4.48. The first kappa shape index (κ1) is 10.4. The van der Waals surface area contributed by atoms with Gasteiger partial charge < -0.3 is 5.11 Å². The van der Waals surface area contributed by atoms with Crippen LogP contribution >= 0.6 is 38.6 Å². The number of hydrogen-bond acceptors (Lipinski definition) is 3. The molecule has 2 aromatic heterocycles. The standard InChI is InChI=1S/C10H9BrOS2/c1-6-8(2-3-13-6)10(12)7-4-9(11)14-5-7/h2-5,10,12H,1H3. The van der Waals surface area contributed by atoms with Crippen molar-refractivity contribution in [2.24, 2.45) is 0 Å². The second kappa shape index (κ2) is 4.14. The Kier molecular flexibility index (Phi) is 3.07. The number of aliphatic hydroxyl groups excluding tert-OH is 1. The highest BCUT2D eigenvalue weighted by Crippen LogP contribution is 2.32. The summed E-state index contributed by atoms with van der Waals surface area (Å²) in [7, 11) is 0. The van der Waals surface area contributed by atoms with E-state index in [0.717, 1.165) is 14.9 Å². The number of thiophene rings is 2. The summed E-state index contributed by atoms with van der Waals surface area (Å²) in [5, 5.41) is 14.1. The van der Waals surface area contributed by atoms with Gasteiger partial charge in [0.2, 0.25) is 0 Å². The predicted molar refractivity (Wildman–Crippen MR) is 65.1 cm³/mol. The van der Waals surface area contributed by atoms with E-state index in [1.54, 1.807) is 22.7 Å². The van der Waals surface area contributed by atoms with Crippen LogP contribution in [0.15, 0.2) is 26.7 Å². The molecule has 0 saturated carbocycles. The van der Waals surface area contributed by atoms with Gasteiger partial charge in [-0.25, -0.2) is 0 Å². The molecule has 0 amide bonds. The fourth-order valence-electron chi connectivity index (χ4n) is 1.32. The van der Waals surface area contributed by atoms with Gasteiger partial charge in [0.15, 0.2) is 0 Å². The Hall–Kier alpha value is -0.160. The molecule has 1 unspecified atom stereocenters. The summed E-state index contributed by atoms with van der Waals surface area (Å²) in [5.41, 5.74) is 1.98.